The van der Waals surface area contributed by atoms with E-state index in [-0.39, 0.29) is 0 Å². The summed E-state index contributed by atoms with van der Waals surface area (Å²) in [5.74, 6) is 0. The Morgan fingerprint density at radius 3 is 2.65 bits per heavy atom. The van der Waals surface area contributed by atoms with Crippen LogP contribution in [0.2, 0.25) is 0 Å². The molecular formula is C14H11N5O. The molecule has 6 heteroatoms. The highest BCUT2D eigenvalue weighted by Gasteiger charge is 2.16. The fraction of sp³-hybridized carbons (Fsp3) is 0.0714. The molecule has 0 spiro atoms. The van der Waals surface area contributed by atoms with E-state index in [0.29, 0.717) is 22.3 Å². The first-order valence-corrected chi connectivity index (χ1v) is 5.96. The zero-order chi connectivity index (χ0) is 14.1. The summed E-state index contributed by atoms with van der Waals surface area (Å²) < 4.78 is 4.76. The third kappa shape index (κ3) is 1.73. The van der Waals surface area contributed by atoms with E-state index in [1.807, 2.05) is 36.2 Å². The van der Waals surface area contributed by atoms with Crippen LogP contribution in [0.25, 0.3) is 11.0 Å². The maximum Gasteiger partial charge on any atom is 0.160 e. The summed E-state index contributed by atoms with van der Waals surface area (Å²) in [6, 6.07) is 13.1. The van der Waals surface area contributed by atoms with Gasteiger partial charge in [0, 0.05) is 7.05 Å². The van der Waals surface area contributed by atoms with E-state index in [1.165, 1.54) is 0 Å². The summed E-state index contributed by atoms with van der Waals surface area (Å²) >= 11 is 0. The number of anilines is 3. The van der Waals surface area contributed by atoms with E-state index in [4.69, 9.17) is 10.4 Å². The van der Waals surface area contributed by atoms with Crippen molar-refractivity contribution in [2.75, 3.05) is 17.7 Å². The zero-order valence-electron chi connectivity index (χ0n) is 10.7. The molecule has 0 saturated carbocycles. The maximum atomic E-state index is 9.19. The average Bonchev–Trinajstić information content (AvgIpc) is 2.97. The molecular weight excluding hydrogens is 254 g/mol. The Morgan fingerprint density at radius 2 is 1.85 bits per heavy atom. The van der Waals surface area contributed by atoms with Crippen molar-refractivity contribution in [1.82, 2.24) is 10.3 Å². The van der Waals surface area contributed by atoms with Crippen LogP contribution in [-0.2, 0) is 0 Å². The highest BCUT2D eigenvalue weighted by Crippen LogP contribution is 2.33. The lowest BCUT2D eigenvalue weighted by atomic mass is 10.1. The molecule has 0 aliphatic heterocycles. The standard InChI is InChI=1S/C14H11N5O/c1-19(11-5-3-2-4-9(11)8-15)12-7-6-10(16)13-14(12)18-20-17-13/h2-7H,16H2,1H3. The van der Waals surface area contributed by atoms with E-state index in [0.717, 1.165) is 11.4 Å². The first kappa shape index (κ1) is 12.0. The van der Waals surface area contributed by atoms with Gasteiger partial charge in [-0.15, -0.1) is 0 Å². The fourth-order valence-electron chi connectivity index (χ4n) is 2.13. The zero-order valence-corrected chi connectivity index (χ0v) is 10.7. The molecule has 20 heavy (non-hydrogen) atoms. The molecule has 0 fully saturated rings. The molecule has 1 heterocycles. The number of aromatic nitrogens is 2. The van der Waals surface area contributed by atoms with Crippen molar-refractivity contribution in [3.63, 3.8) is 0 Å². The predicted octanol–water partition coefficient (Wildman–Crippen LogP) is 2.44. The van der Waals surface area contributed by atoms with Crippen molar-refractivity contribution in [1.29, 1.82) is 5.26 Å². The van der Waals surface area contributed by atoms with Gasteiger partial charge < -0.3 is 10.6 Å². The van der Waals surface area contributed by atoms with E-state index in [2.05, 4.69) is 16.4 Å². The summed E-state index contributed by atoms with van der Waals surface area (Å²) in [5, 5.41) is 16.9. The van der Waals surface area contributed by atoms with Gasteiger partial charge in [-0.25, -0.2) is 4.63 Å². The van der Waals surface area contributed by atoms with Crippen LogP contribution in [0.3, 0.4) is 0 Å². The van der Waals surface area contributed by atoms with Crippen LogP contribution < -0.4 is 10.6 Å². The van der Waals surface area contributed by atoms with Gasteiger partial charge in [0.1, 0.15) is 6.07 Å². The van der Waals surface area contributed by atoms with Gasteiger partial charge in [0.25, 0.3) is 0 Å². The summed E-state index contributed by atoms with van der Waals surface area (Å²) in [7, 11) is 1.86. The Balaban J connectivity index is 2.19. The first-order valence-electron chi connectivity index (χ1n) is 5.96. The van der Waals surface area contributed by atoms with Gasteiger partial charge in [-0.2, -0.15) is 5.26 Å². The van der Waals surface area contributed by atoms with E-state index in [9.17, 15) is 5.26 Å². The number of nitrogens with two attached hydrogens (primary N) is 1. The van der Waals surface area contributed by atoms with Gasteiger partial charge in [-0.05, 0) is 34.6 Å². The number of nitriles is 1. The minimum absolute atomic E-state index is 0.506. The number of hydrogen-bond acceptors (Lipinski definition) is 6. The molecule has 98 valence electrons. The lowest BCUT2D eigenvalue weighted by molar-refractivity contribution is 0.315. The number of hydrogen-bond donors (Lipinski definition) is 1. The number of fused-ring (bicyclic) bond motifs is 1. The van der Waals surface area contributed by atoms with Gasteiger partial charge in [0.15, 0.2) is 11.0 Å². The van der Waals surface area contributed by atoms with Gasteiger partial charge >= 0.3 is 0 Å². The molecule has 0 radical (unpaired) electrons. The number of benzene rings is 2. The quantitative estimate of drug-likeness (QED) is 0.715. The Kier molecular flexibility index (Phi) is 2.73. The molecule has 0 aliphatic carbocycles. The molecule has 0 atom stereocenters. The Hall–Kier alpha value is -3.07. The second-order valence-corrected chi connectivity index (χ2v) is 4.32. The third-order valence-corrected chi connectivity index (χ3v) is 3.17. The molecule has 0 bridgehead atoms. The molecule has 3 aromatic rings. The van der Waals surface area contributed by atoms with Crippen molar-refractivity contribution in [3.05, 3.63) is 42.0 Å². The molecule has 1 aromatic heterocycles. The number of rotatable bonds is 2. The van der Waals surface area contributed by atoms with E-state index < -0.39 is 0 Å². The molecule has 2 N–H and O–H groups in total. The van der Waals surface area contributed by atoms with Gasteiger partial charge in [-0.3, -0.25) is 0 Å². The summed E-state index contributed by atoms with van der Waals surface area (Å²) in [5.41, 5.74) is 9.56. The van der Waals surface area contributed by atoms with E-state index >= 15 is 0 Å². The molecule has 3 rings (SSSR count). The summed E-state index contributed by atoms with van der Waals surface area (Å²) in [6.45, 7) is 0. The number of para-hydroxylation sites is 1. The van der Waals surface area contributed by atoms with Crippen LogP contribution in [0.5, 0.6) is 0 Å². The molecule has 0 unspecified atom stereocenters. The predicted molar refractivity (Wildman–Crippen MR) is 75.4 cm³/mol. The molecule has 2 aromatic carbocycles. The van der Waals surface area contributed by atoms with Crippen molar-refractivity contribution in [2.45, 2.75) is 0 Å². The minimum atomic E-state index is 0.506. The number of nitrogen functional groups attached to an aromatic ring is 1. The smallest absolute Gasteiger partial charge is 0.160 e. The van der Waals surface area contributed by atoms with Crippen LogP contribution in [0.4, 0.5) is 17.1 Å². The van der Waals surface area contributed by atoms with Crippen molar-refractivity contribution in [3.8, 4) is 6.07 Å². The second kappa shape index (κ2) is 4.55. The summed E-state index contributed by atoms with van der Waals surface area (Å²) in [6.07, 6.45) is 0. The highest BCUT2D eigenvalue weighted by molar-refractivity contribution is 5.97. The van der Waals surface area contributed by atoms with Crippen molar-refractivity contribution >= 4 is 28.1 Å². The molecule has 0 amide bonds. The van der Waals surface area contributed by atoms with Crippen LogP contribution in [-0.4, -0.2) is 17.4 Å². The Labute approximate surface area is 115 Å². The minimum Gasteiger partial charge on any atom is -0.397 e. The monoisotopic (exact) mass is 265 g/mol. The Bertz CT molecular complexity index is 818. The topological polar surface area (TPSA) is 92.0 Å². The van der Waals surface area contributed by atoms with Crippen LogP contribution in [0, 0.1) is 11.3 Å². The molecule has 6 nitrogen and oxygen atoms in total. The highest BCUT2D eigenvalue weighted by atomic mass is 16.6. The lowest BCUT2D eigenvalue weighted by Gasteiger charge is -2.20. The van der Waals surface area contributed by atoms with E-state index in [1.54, 1.807) is 12.1 Å². The maximum absolute atomic E-state index is 9.19. The SMILES string of the molecule is CN(c1ccccc1C#N)c1ccc(N)c2nonc12. The van der Waals surface area contributed by atoms with Crippen LogP contribution >= 0.6 is 0 Å². The molecule has 0 aliphatic rings. The largest absolute Gasteiger partial charge is 0.397 e. The number of nitrogens with zero attached hydrogens (tertiary/aromatic N) is 4. The Morgan fingerprint density at radius 1 is 1.10 bits per heavy atom. The normalized spacial score (nSPS) is 10.4. The molecule has 0 saturated heterocycles. The van der Waals surface area contributed by atoms with Gasteiger partial charge in [-0.1, -0.05) is 12.1 Å². The van der Waals surface area contributed by atoms with Gasteiger partial charge in [0.05, 0.1) is 22.6 Å². The second-order valence-electron chi connectivity index (χ2n) is 4.32. The first-order chi connectivity index (χ1) is 9.72. The average molecular weight is 265 g/mol. The van der Waals surface area contributed by atoms with Crippen molar-refractivity contribution in [2.24, 2.45) is 0 Å². The van der Waals surface area contributed by atoms with Crippen molar-refractivity contribution < 1.29 is 4.63 Å². The van der Waals surface area contributed by atoms with Crippen LogP contribution in [0.1, 0.15) is 5.56 Å². The van der Waals surface area contributed by atoms with Crippen LogP contribution in [0.15, 0.2) is 41.0 Å². The van der Waals surface area contributed by atoms with Gasteiger partial charge in [0.2, 0.25) is 0 Å². The third-order valence-electron chi connectivity index (χ3n) is 3.17. The summed E-state index contributed by atoms with van der Waals surface area (Å²) in [4.78, 5) is 1.87. The lowest BCUT2D eigenvalue weighted by Crippen LogP contribution is -2.11. The fourth-order valence-corrected chi connectivity index (χ4v) is 2.13.